The molecule has 4 heteroatoms. The monoisotopic (exact) mass is 460 g/mol. The zero-order valence-electron chi connectivity index (χ0n) is 16.0. The van der Waals surface area contributed by atoms with Crippen molar-refractivity contribution in [2.75, 3.05) is 4.59 Å². The Bertz CT molecular complexity index is 1060. The summed E-state index contributed by atoms with van der Waals surface area (Å²) < 4.78 is 30.8. The molecule has 4 rings (SSSR count). The van der Waals surface area contributed by atoms with E-state index in [9.17, 15) is 8.42 Å². The topological polar surface area (TPSA) is 34.1 Å². The molecule has 0 saturated carbocycles. The summed E-state index contributed by atoms with van der Waals surface area (Å²) in [5.41, 5.74) is 0. The van der Waals surface area contributed by atoms with Gasteiger partial charge >= 0.3 is 176 Å². The molecule has 144 valence electrons. The maximum absolute atomic E-state index is 13.6. The molecule has 0 unspecified atom stereocenters. The summed E-state index contributed by atoms with van der Waals surface area (Å²) in [5.74, 6) is 0. The van der Waals surface area contributed by atoms with Crippen LogP contribution in [0, 0.1) is 0 Å². The van der Waals surface area contributed by atoms with E-state index in [0.717, 1.165) is 13.2 Å². The fraction of sp³-hybridized carbons (Fsp3) is 0.0400. The second-order valence-corrected chi connectivity index (χ2v) is 18.3. The van der Waals surface area contributed by atoms with Crippen molar-refractivity contribution in [3.63, 3.8) is 0 Å². The van der Waals surface area contributed by atoms with Crippen LogP contribution in [0.15, 0.2) is 126 Å². The van der Waals surface area contributed by atoms with Crippen molar-refractivity contribution in [1.29, 1.82) is 0 Å². The van der Waals surface area contributed by atoms with Gasteiger partial charge in [-0.2, -0.15) is 0 Å². The first-order chi connectivity index (χ1) is 14.1. The molecule has 4 aromatic carbocycles. The van der Waals surface area contributed by atoms with Gasteiger partial charge in [-0.15, -0.1) is 0 Å². The van der Waals surface area contributed by atoms with Gasteiger partial charge in [0, 0.05) is 0 Å². The van der Waals surface area contributed by atoms with Gasteiger partial charge < -0.3 is 0 Å². The van der Waals surface area contributed by atoms with E-state index in [2.05, 4.69) is 36.4 Å². The van der Waals surface area contributed by atoms with Crippen LogP contribution in [0.1, 0.15) is 0 Å². The zero-order valence-corrected chi connectivity index (χ0v) is 18.9. The molecule has 2 nitrogen and oxygen atoms in total. The molecule has 0 radical (unpaired) electrons. The second kappa shape index (κ2) is 8.39. The third-order valence-electron chi connectivity index (χ3n) is 5.31. The van der Waals surface area contributed by atoms with E-state index in [1.165, 1.54) is 0 Å². The Morgan fingerprint density at radius 3 is 1.14 bits per heavy atom. The Balaban J connectivity index is 2.01. The first-order valence-corrected chi connectivity index (χ1v) is 15.9. The average Bonchev–Trinajstić information content (AvgIpc) is 2.80. The molecule has 4 aromatic rings. The fourth-order valence-corrected chi connectivity index (χ4v) is 20.4. The maximum atomic E-state index is 13.6. The summed E-state index contributed by atoms with van der Waals surface area (Å²) in [7, 11) is -3.48. The minimum absolute atomic E-state index is 0.134. The fourth-order valence-electron chi connectivity index (χ4n) is 3.91. The molecule has 0 aromatic heterocycles. The van der Waals surface area contributed by atoms with Gasteiger partial charge in [0.25, 0.3) is 0 Å². The van der Waals surface area contributed by atoms with Crippen molar-refractivity contribution in [1.82, 2.24) is 0 Å². The summed E-state index contributed by atoms with van der Waals surface area (Å²) in [6.07, 6.45) is 0. The van der Waals surface area contributed by atoms with Crippen LogP contribution in [-0.2, 0) is 9.84 Å². The molecule has 0 bridgehead atoms. The minimum atomic E-state index is -3.53. The number of sulfone groups is 1. The van der Waals surface area contributed by atoms with E-state index in [-0.39, 0.29) is 4.59 Å². The molecule has 0 aliphatic heterocycles. The van der Waals surface area contributed by atoms with Gasteiger partial charge in [-0.1, -0.05) is 0 Å². The van der Waals surface area contributed by atoms with Gasteiger partial charge in [-0.25, -0.2) is 0 Å². The third kappa shape index (κ3) is 3.93. The SMILES string of the molecule is O=S(=O)([CH2][Ge]([c]1ccccc1)([c]1ccccc1)[c]1ccccc1)c1ccccc1. The first kappa shape index (κ1) is 19.7. The number of benzene rings is 4. The van der Waals surface area contributed by atoms with Crippen molar-refractivity contribution in [3.05, 3.63) is 121 Å². The molecule has 0 heterocycles. The standard InChI is InChI=1S/C25H22GeO2S/c27-29(28,25-19-11-4-12-20-25)21-26(22-13-5-1-6-14-22,23-15-7-2-8-16-23)24-17-9-3-10-18-24/h1-20H,21H2. The second-order valence-electron chi connectivity index (χ2n) is 7.08. The van der Waals surface area contributed by atoms with Crippen LogP contribution in [0.4, 0.5) is 0 Å². The van der Waals surface area contributed by atoms with Crippen molar-refractivity contribution < 1.29 is 8.42 Å². The molecule has 0 aliphatic carbocycles. The normalized spacial score (nSPS) is 11.9. The van der Waals surface area contributed by atoms with Crippen LogP contribution in [0.5, 0.6) is 0 Å². The van der Waals surface area contributed by atoms with Gasteiger partial charge in [0.1, 0.15) is 0 Å². The van der Waals surface area contributed by atoms with Gasteiger partial charge in [0.2, 0.25) is 0 Å². The van der Waals surface area contributed by atoms with E-state index in [4.69, 9.17) is 0 Å². The Labute approximate surface area is 175 Å². The predicted octanol–water partition coefficient (Wildman–Crippen LogP) is 3.17. The zero-order chi connectivity index (χ0) is 20.2. The average molecular weight is 459 g/mol. The summed E-state index contributed by atoms with van der Waals surface area (Å²) in [4.78, 5) is 0.387. The molecule has 0 spiro atoms. The molecule has 0 fully saturated rings. The van der Waals surface area contributed by atoms with Gasteiger partial charge in [0.15, 0.2) is 0 Å². The van der Waals surface area contributed by atoms with Crippen LogP contribution in [-0.4, -0.2) is 26.3 Å². The molecular weight excluding hydrogens is 437 g/mol. The van der Waals surface area contributed by atoms with Crippen LogP contribution >= 0.6 is 0 Å². The van der Waals surface area contributed by atoms with Gasteiger partial charge in [-0.3, -0.25) is 0 Å². The molecule has 0 saturated heterocycles. The molecule has 0 N–H and O–H groups in total. The van der Waals surface area contributed by atoms with Crippen molar-refractivity contribution in [2.45, 2.75) is 4.90 Å². The van der Waals surface area contributed by atoms with Crippen LogP contribution < -0.4 is 13.2 Å². The van der Waals surface area contributed by atoms with E-state index >= 15 is 0 Å². The van der Waals surface area contributed by atoms with E-state index in [0.29, 0.717) is 4.90 Å². The quantitative estimate of drug-likeness (QED) is 0.416. The molecule has 0 aliphatic rings. The van der Waals surface area contributed by atoms with Crippen LogP contribution in [0.25, 0.3) is 0 Å². The summed E-state index contributed by atoms with van der Waals surface area (Å²) in [5, 5.41) is 0. The first-order valence-electron chi connectivity index (χ1n) is 9.57. The molecule has 0 atom stereocenters. The number of hydrogen-bond donors (Lipinski definition) is 0. The van der Waals surface area contributed by atoms with E-state index in [1.54, 1.807) is 24.3 Å². The Morgan fingerprint density at radius 1 is 0.483 bits per heavy atom. The van der Waals surface area contributed by atoms with Crippen molar-refractivity contribution >= 4 is 36.3 Å². The van der Waals surface area contributed by atoms with E-state index in [1.807, 2.05) is 60.7 Å². The number of rotatable bonds is 6. The Kier molecular flexibility index (Phi) is 5.70. The Morgan fingerprint density at radius 2 is 0.793 bits per heavy atom. The van der Waals surface area contributed by atoms with Crippen molar-refractivity contribution in [3.8, 4) is 0 Å². The van der Waals surface area contributed by atoms with E-state index < -0.39 is 23.1 Å². The predicted molar refractivity (Wildman–Crippen MR) is 122 cm³/mol. The summed E-state index contributed by atoms with van der Waals surface area (Å²) in [6.45, 7) is 0. The van der Waals surface area contributed by atoms with Crippen molar-refractivity contribution in [2.24, 2.45) is 0 Å². The van der Waals surface area contributed by atoms with Gasteiger partial charge in [0.05, 0.1) is 0 Å². The van der Waals surface area contributed by atoms with Crippen LogP contribution in [0.3, 0.4) is 0 Å². The molecule has 0 amide bonds. The van der Waals surface area contributed by atoms with Gasteiger partial charge in [-0.05, 0) is 0 Å². The third-order valence-corrected chi connectivity index (χ3v) is 20.5. The van der Waals surface area contributed by atoms with Crippen LogP contribution in [0.2, 0.25) is 0 Å². The summed E-state index contributed by atoms with van der Waals surface area (Å²) >= 11 is -3.53. The molecular formula is C25H22GeO2S. The summed E-state index contributed by atoms with van der Waals surface area (Å²) in [6, 6.07) is 39.4. The Hall–Kier alpha value is -2.63. The molecule has 29 heavy (non-hydrogen) atoms. The number of hydrogen-bond acceptors (Lipinski definition) is 2.